The molecule has 1 amide bonds. The summed E-state index contributed by atoms with van der Waals surface area (Å²) in [4.78, 5) is 31.5. The summed E-state index contributed by atoms with van der Waals surface area (Å²) in [5.41, 5.74) is 1.76. The zero-order valence-electron chi connectivity index (χ0n) is 26.2. The zero-order valence-corrected chi connectivity index (χ0v) is 27.0. The van der Waals surface area contributed by atoms with Crippen LogP contribution in [0.15, 0.2) is 95.9 Å². The fraction of sp³-hybridized carbons (Fsp3) is 0.333. The molecular formula is C36H41N3O5S. The van der Waals surface area contributed by atoms with Crippen LogP contribution in [0, 0.1) is 0 Å². The predicted molar refractivity (Wildman–Crippen MR) is 177 cm³/mol. The van der Waals surface area contributed by atoms with Crippen LogP contribution in [0.4, 0.5) is 0 Å². The van der Waals surface area contributed by atoms with Gasteiger partial charge < -0.3 is 9.64 Å². The predicted octanol–water partition coefficient (Wildman–Crippen LogP) is 6.39. The normalized spacial score (nSPS) is 14.9. The number of rotatable bonds is 11. The largest absolute Gasteiger partial charge is 0.422 e. The molecule has 1 fully saturated rings. The lowest BCUT2D eigenvalue weighted by Crippen LogP contribution is -2.49. The van der Waals surface area contributed by atoms with Gasteiger partial charge in [0.05, 0.1) is 16.0 Å². The number of carbonyl (C=O) groups is 2. The molecule has 1 atom stereocenters. The van der Waals surface area contributed by atoms with E-state index in [1.165, 1.54) is 34.1 Å². The third-order valence-electron chi connectivity index (χ3n) is 8.39. The Bertz CT molecular complexity index is 1730. The van der Waals surface area contributed by atoms with Crippen molar-refractivity contribution >= 4 is 32.7 Å². The molecule has 0 spiro atoms. The van der Waals surface area contributed by atoms with E-state index in [9.17, 15) is 18.0 Å². The lowest BCUT2D eigenvalue weighted by Gasteiger charge is -2.38. The maximum absolute atomic E-state index is 13.9. The van der Waals surface area contributed by atoms with Gasteiger partial charge in [0.1, 0.15) is 5.75 Å². The molecule has 8 nitrogen and oxygen atoms in total. The van der Waals surface area contributed by atoms with E-state index in [0.29, 0.717) is 44.6 Å². The van der Waals surface area contributed by atoms with Crippen LogP contribution >= 0.6 is 0 Å². The molecule has 0 saturated carbocycles. The number of sulfonamides is 1. The quantitative estimate of drug-likeness (QED) is 0.142. The van der Waals surface area contributed by atoms with Crippen molar-refractivity contribution in [3.05, 3.63) is 108 Å². The van der Waals surface area contributed by atoms with Gasteiger partial charge in [-0.05, 0) is 72.5 Å². The number of fused-ring (bicyclic) bond motifs is 1. The topological polar surface area (TPSA) is 87.2 Å². The van der Waals surface area contributed by atoms with E-state index < -0.39 is 16.0 Å². The highest BCUT2D eigenvalue weighted by Gasteiger charge is 2.28. The number of amides is 1. The average molecular weight is 628 g/mol. The minimum absolute atomic E-state index is 0.128. The Hall–Kier alpha value is -4.05. The van der Waals surface area contributed by atoms with E-state index in [1.807, 2.05) is 61.2 Å². The molecule has 0 aliphatic carbocycles. The van der Waals surface area contributed by atoms with E-state index in [2.05, 4.69) is 24.0 Å². The molecule has 0 radical (unpaired) electrons. The SMILES string of the molecule is CCCN(CCC)S(=O)(=O)c1ccc(C(=O)Oc2cc3ccccc3cc2C(=O)N2CCN(C(C)c3ccccc3)CC2)cc1. The molecule has 0 bridgehead atoms. The van der Waals surface area contributed by atoms with Crippen molar-refractivity contribution in [3.8, 4) is 5.75 Å². The summed E-state index contributed by atoms with van der Waals surface area (Å²) in [5, 5.41) is 1.71. The smallest absolute Gasteiger partial charge is 0.343 e. The first-order chi connectivity index (χ1) is 21.7. The summed E-state index contributed by atoms with van der Waals surface area (Å²) in [5.74, 6) is -0.676. The van der Waals surface area contributed by atoms with Crippen molar-refractivity contribution in [1.82, 2.24) is 14.1 Å². The van der Waals surface area contributed by atoms with Crippen molar-refractivity contribution in [2.24, 2.45) is 0 Å². The van der Waals surface area contributed by atoms with Crippen LogP contribution in [0.5, 0.6) is 5.75 Å². The van der Waals surface area contributed by atoms with E-state index in [-0.39, 0.29) is 28.2 Å². The number of esters is 1. The molecule has 1 heterocycles. The monoisotopic (exact) mass is 627 g/mol. The van der Waals surface area contributed by atoms with Gasteiger partial charge in [-0.3, -0.25) is 9.69 Å². The lowest BCUT2D eigenvalue weighted by atomic mass is 10.0. The van der Waals surface area contributed by atoms with Gasteiger partial charge >= 0.3 is 5.97 Å². The maximum atomic E-state index is 13.9. The Morgan fingerprint density at radius 2 is 1.38 bits per heavy atom. The number of nitrogens with zero attached hydrogens (tertiary/aromatic N) is 3. The highest BCUT2D eigenvalue weighted by Crippen LogP contribution is 2.30. The van der Waals surface area contributed by atoms with Crippen LogP contribution in [0.2, 0.25) is 0 Å². The van der Waals surface area contributed by atoms with Gasteiger partial charge in [-0.2, -0.15) is 4.31 Å². The first-order valence-electron chi connectivity index (χ1n) is 15.7. The molecular weight excluding hydrogens is 586 g/mol. The van der Waals surface area contributed by atoms with E-state index in [1.54, 1.807) is 12.1 Å². The number of hydrogen-bond acceptors (Lipinski definition) is 6. The fourth-order valence-corrected chi connectivity index (χ4v) is 7.44. The Morgan fingerprint density at radius 3 is 1.98 bits per heavy atom. The van der Waals surface area contributed by atoms with E-state index in [4.69, 9.17) is 4.74 Å². The molecule has 4 aromatic rings. The molecule has 1 unspecified atom stereocenters. The molecule has 45 heavy (non-hydrogen) atoms. The second kappa shape index (κ2) is 14.4. The van der Waals surface area contributed by atoms with Crippen molar-refractivity contribution < 1.29 is 22.7 Å². The van der Waals surface area contributed by atoms with Crippen molar-refractivity contribution in [2.75, 3.05) is 39.3 Å². The lowest BCUT2D eigenvalue weighted by molar-refractivity contribution is 0.0576. The number of piperazine rings is 1. The standard InChI is InChI=1S/C36H41N3O5S/c1-4-19-39(20-5-2)45(42,43)32-17-15-29(16-18-32)36(41)44-34-26-31-14-10-9-13-30(31)25-33(34)35(40)38-23-21-37(22-24-38)27(3)28-11-7-6-8-12-28/h6-18,25-27H,4-5,19-24H2,1-3H3. The molecule has 0 aromatic heterocycles. The van der Waals surface area contributed by atoms with Crippen LogP contribution in [0.1, 0.15) is 65.9 Å². The minimum atomic E-state index is -3.68. The number of ether oxygens (including phenoxy) is 1. The summed E-state index contributed by atoms with van der Waals surface area (Å²) < 4.78 is 33.7. The second-order valence-corrected chi connectivity index (χ2v) is 13.4. The summed E-state index contributed by atoms with van der Waals surface area (Å²) in [6, 6.07) is 27.5. The van der Waals surface area contributed by atoms with Gasteiger partial charge in [-0.15, -0.1) is 0 Å². The summed E-state index contributed by atoms with van der Waals surface area (Å²) in [6.45, 7) is 9.49. The summed E-state index contributed by atoms with van der Waals surface area (Å²) in [7, 11) is -3.68. The van der Waals surface area contributed by atoms with Gasteiger partial charge in [-0.25, -0.2) is 13.2 Å². The molecule has 236 valence electrons. The van der Waals surface area contributed by atoms with Crippen LogP contribution in [0.25, 0.3) is 10.8 Å². The second-order valence-electron chi connectivity index (χ2n) is 11.4. The molecule has 1 aliphatic rings. The van der Waals surface area contributed by atoms with Crippen LogP contribution < -0.4 is 4.74 Å². The van der Waals surface area contributed by atoms with Crippen molar-refractivity contribution in [1.29, 1.82) is 0 Å². The number of benzene rings is 4. The molecule has 1 saturated heterocycles. The van der Waals surface area contributed by atoms with Crippen molar-refractivity contribution in [2.45, 2.75) is 44.6 Å². The Labute approximate surface area is 266 Å². The molecule has 4 aromatic carbocycles. The average Bonchev–Trinajstić information content (AvgIpc) is 3.07. The van der Waals surface area contributed by atoms with Gasteiger partial charge in [0.15, 0.2) is 0 Å². The van der Waals surface area contributed by atoms with Crippen LogP contribution in [-0.2, 0) is 10.0 Å². The Morgan fingerprint density at radius 1 is 0.800 bits per heavy atom. The Kier molecular flexibility index (Phi) is 10.3. The van der Waals surface area contributed by atoms with Crippen LogP contribution in [0.3, 0.4) is 0 Å². The van der Waals surface area contributed by atoms with Gasteiger partial charge in [0.25, 0.3) is 5.91 Å². The minimum Gasteiger partial charge on any atom is -0.422 e. The summed E-state index contributed by atoms with van der Waals surface area (Å²) >= 11 is 0. The molecule has 9 heteroatoms. The highest BCUT2D eigenvalue weighted by atomic mass is 32.2. The van der Waals surface area contributed by atoms with E-state index in [0.717, 1.165) is 23.9 Å². The first kappa shape index (κ1) is 32.3. The highest BCUT2D eigenvalue weighted by molar-refractivity contribution is 7.89. The van der Waals surface area contributed by atoms with Crippen LogP contribution in [-0.4, -0.2) is 73.7 Å². The van der Waals surface area contributed by atoms with Gasteiger partial charge in [0, 0.05) is 45.3 Å². The zero-order chi connectivity index (χ0) is 32.0. The molecule has 1 aliphatic heterocycles. The third-order valence-corrected chi connectivity index (χ3v) is 10.3. The van der Waals surface area contributed by atoms with E-state index >= 15 is 0 Å². The number of carbonyl (C=O) groups excluding carboxylic acids is 2. The maximum Gasteiger partial charge on any atom is 0.343 e. The van der Waals surface area contributed by atoms with Gasteiger partial charge in [0.2, 0.25) is 10.0 Å². The summed E-state index contributed by atoms with van der Waals surface area (Å²) in [6.07, 6.45) is 1.41. The van der Waals surface area contributed by atoms with Crippen molar-refractivity contribution in [3.63, 3.8) is 0 Å². The molecule has 5 rings (SSSR count). The first-order valence-corrected chi connectivity index (χ1v) is 17.1. The third kappa shape index (κ3) is 7.27. The number of hydrogen-bond donors (Lipinski definition) is 0. The fourth-order valence-electron chi connectivity index (χ4n) is 5.82. The molecule has 0 N–H and O–H groups in total. The Balaban J connectivity index is 1.34. The van der Waals surface area contributed by atoms with Gasteiger partial charge in [-0.1, -0.05) is 68.4 Å².